The minimum Gasteiger partial charge on any atom is -0.399 e. The number of nitrogens with one attached hydrogen (secondary N) is 2. The fraction of sp³-hybridized carbons (Fsp3) is 0.118. The lowest BCUT2D eigenvalue weighted by Crippen LogP contribution is -2.28. The van der Waals surface area contributed by atoms with Gasteiger partial charge in [0.05, 0.1) is 11.9 Å². The van der Waals surface area contributed by atoms with Gasteiger partial charge in [-0.25, -0.2) is 0 Å². The summed E-state index contributed by atoms with van der Waals surface area (Å²) in [6.45, 7) is 2.75. The zero-order chi connectivity index (χ0) is 16.4. The van der Waals surface area contributed by atoms with Crippen molar-refractivity contribution in [2.24, 2.45) is 0 Å². The van der Waals surface area contributed by atoms with Crippen LogP contribution in [0.15, 0.2) is 48.5 Å². The third-order valence-electron chi connectivity index (χ3n) is 3.73. The van der Waals surface area contributed by atoms with Gasteiger partial charge in [0.15, 0.2) is 0 Å². The van der Waals surface area contributed by atoms with Crippen molar-refractivity contribution in [1.29, 1.82) is 10.8 Å². The Kier molecular flexibility index (Phi) is 3.80. The molecule has 0 aliphatic carbocycles. The summed E-state index contributed by atoms with van der Waals surface area (Å²) in [4.78, 5) is 6.46. The summed E-state index contributed by atoms with van der Waals surface area (Å²) in [7, 11) is 0. The summed E-state index contributed by atoms with van der Waals surface area (Å²) in [6.07, 6.45) is 1.08. The van der Waals surface area contributed by atoms with Crippen molar-refractivity contribution >= 4 is 34.4 Å². The van der Waals surface area contributed by atoms with E-state index in [4.69, 9.17) is 16.6 Å². The SMILES string of the molecule is CCN(c1ccccc1)c1nc(=N)n(C=N)c2cc(N)ccc12. The minimum absolute atomic E-state index is 0.00230. The molecule has 0 fully saturated rings. The number of hydrogen-bond donors (Lipinski definition) is 3. The van der Waals surface area contributed by atoms with Crippen molar-refractivity contribution in [2.75, 3.05) is 17.2 Å². The van der Waals surface area contributed by atoms with Gasteiger partial charge in [0.1, 0.15) is 5.82 Å². The van der Waals surface area contributed by atoms with Crippen molar-refractivity contribution in [3.05, 3.63) is 54.1 Å². The molecule has 6 heteroatoms. The Bertz CT molecular complexity index is 914. The van der Waals surface area contributed by atoms with Crippen LogP contribution in [0.2, 0.25) is 0 Å². The summed E-state index contributed by atoms with van der Waals surface area (Å²) in [5, 5.41) is 16.5. The third-order valence-corrected chi connectivity index (χ3v) is 3.73. The van der Waals surface area contributed by atoms with Gasteiger partial charge in [-0.1, -0.05) is 18.2 Å². The Balaban J connectivity index is 2.33. The molecule has 0 saturated carbocycles. The fourth-order valence-electron chi connectivity index (χ4n) is 2.66. The van der Waals surface area contributed by atoms with Crippen molar-refractivity contribution in [2.45, 2.75) is 6.92 Å². The van der Waals surface area contributed by atoms with Gasteiger partial charge in [-0.05, 0) is 37.3 Å². The average molecular weight is 306 g/mol. The maximum absolute atomic E-state index is 8.13. The average Bonchev–Trinajstić information content (AvgIpc) is 2.56. The van der Waals surface area contributed by atoms with Crippen LogP contribution in [-0.2, 0) is 0 Å². The van der Waals surface area contributed by atoms with E-state index in [2.05, 4.69) is 4.98 Å². The molecule has 0 bridgehead atoms. The molecule has 3 aromatic rings. The van der Waals surface area contributed by atoms with Gasteiger partial charge in [0.25, 0.3) is 0 Å². The topological polar surface area (TPSA) is 94.8 Å². The lowest BCUT2D eigenvalue weighted by atomic mass is 10.2. The number of benzene rings is 2. The van der Waals surface area contributed by atoms with Crippen LogP contribution in [0.25, 0.3) is 10.9 Å². The van der Waals surface area contributed by atoms with E-state index in [0.717, 1.165) is 17.4 Å². The molecule has 0 aliphatic rings. The molecule has 1 heterocycles. The van der Waals surface area contributed by atoms with Crippen LogP contribution in [0.1, 0.15) is 6.92 Å². The van der Waals surface area contributed by atoms with Crippen LogP contribution in [0.3, 0.4) is 0 Å². The highest BCUT2D eigenvalue weighted by Gasteiger charge is 2.15. The first-order valence-corrected chi connectivity index (χ1v) is 7.35. The highest BCUT2D eigenvalue weighted by molar-refractivity contribution is 5.95. The van der Waals surface area contributed by atoms with Crippen molar-refractivity contribution in [3.8, 4) is 0 Å². The predicted molar refractivity (Wildman–Crippen MR) is 93.3 cm³/mol. The lowest BCUT2D eigenvalue weighted by molar-refractivity contribution is 0.896. The number of anilines is 3. The van der Waals surface area contributed by atoms with E-state index < -0.39 is 0 Å². The number of hydrogen-bond acceptors (Lipinski definition) is 5. The molecular weight excluding hydrogens is 288 g/mol. The third kappa shape index (κ3) is 2.55. The summed E-state index contributed by atoms with van der Waals surface area (Å²) in [6, 6.07) is 15.4. The van der Waals surface area contributed by atoms with Crippen molar-refractivity contribution in [3.63, 3.8) is 0 Å². The summed E-state index contributed by atoms with van der Waals surface area (Å²) in [5.41, 5.74) is 8.18. The number of nitrogen functional groups attached to an aromatic ring is 1. The molecule has 0 aliphatic heterocycles. The predicted octanol–water partition coefficient (Wildman–Crippen LogP) is 2.71. The van der Waals surface area contributed by atoms with Gasteiger partial charge >= 0.3 is 0 Å². The second-order valence-electron chi connectivity index (χ2n) is 5.11. The van der Waals surface area contributed by atoms with Gasteiger partial charge in [-0.3, -0.25) is 15.4 Å². The lowest BCUT2D eigenvalue weighted by Gasteiger charge is -2.24. The molecular formula is C17H18N6. The second-order valence-corrected chi connectivity index (χ2v) is 5.11. The smallest absolute Gasteiger partial charge is 0.229 e. The maximum Gasteiger partial charge on any atom is 0.229 e. The largest absolute Gasteiger partial charge is 0.399 e. The molecule has 116 valence electrons. The van der Waals surface area contributed by atoms with Gasteiger partial charge in [0.2, 0.25) is 5.62 Å². The molecule has 0 unspecified atom stereocenters. The zero-order valence-corrected chi connectivity index (χ0v) is 12.8. The van der Waals surface area contributed by atoms with Gasteiger partial charge in [-0.15, -0.1) is 0 Å². The summed E-state index contributed by atoms with van der Waals surface area (Å²) < 4.78 is 1.41. The molecule has 0 saturated heterocycles. The Morgan fingerprint density at radius 1 is 1.22 bits per heavy atom. The highest BCUT2D eigenvalue weighted by atomic mass is 15.2. The van der Waals surface area contributed by atoms with Crippen LogP contribution in [-0.4, -0.2) is 22.4 Å². The van der Waals surface area contributed by atoms with Crippen LogP contribution in [0.4, 0.5) is 17.2 Å². The van der Waals surface area contributed by atoms with Gasteiger partial charge < -0.3 is 10.6 Å². The number of nitrogens with two attached hydrogens (primary N) is 1. The second kappa shape index (κ2) is 5.92. The summed E-state index contributed by atoms with van der Waals surface area (Å²) >= 11 is 0. The number of rotatable bonds is 4. The maximum atomic E-state index is 8.13. The molecule has 0 radical (unpaired) electrons. The molecule has 6 nitrogen and oxygen atoms in total. The fourth-order valence-corrected chi connectivity index (χ4v) is 2.66. The highest BCUT2D eigenvalue weighted by Crippen LogP contribution is 2.29. The standard InChI is InChI=1S/C17H18N6/c1-2-22(13-6-4-3-5-7-13)16-14-9-8-12(19)10-15(14)23(11-18)17(20)21-16/h3-11,18,20H,2,19H2,1H3. The van der Waals surface area contributed by atoms with E-state index in [1.165, 1.54) is 4.57 Å². The normalized spacial score (nSPS) is 10.7. The van der Waals surface area contributed by atoms with E-state index in [1.807, 2.05) is 54.3 Å². The Labute approximate surface area is 133 Å². The number of para-hydroxylation sites is 1. The Morgan fingerprint density at radius 3 is 2.61 bits per heavy atom. The number of nitrogens with zero attached hydrogens (tertiary/aromatic N) is 3. The monoisotopic (exact) mass is 306 g/mol. The number of fused-ring (bicyclic) bond motifs is 1. The summed E-state index contributed by atoms with van der Waals surface area (Å²) in [5.74, 6) is 0.691. The first-order valence-electron chi connectivity index (χ1n) is 7.35. The van der Waals surface area contributed by atoms with Gasteiger partial charge in [-0.2, -0.15) is 4.98 Å². The van der Waals surface area contributed by atoms with E-state index in [1.54, 1.807) is 6.07 Å². The van der Waals surface area contributed by atoms with E-state index in [9.17, 15) is 0 Å². The molecule has 4 N–H and O–H groups in total. The molecule has 0 amide bonds. The van der Waals surface area contributed by atoms with E-state index in [-0.39, 0.29) is 5.62 Å². The zero-order valence-electron chi connectivity index (χ0n) is 12.8. The van der Waals surface area contributed by atoms with Gasteiger partial charge in [0, 0.05) is 23.3 Å². The Morgan fingerprint density at radius 2 is 1.96 bits per heavy atom. The molecule has 3 rings (SSSR count). The molecule has 0 spiro atoms. The van der Waals surface area contributed by atoms with Crippen LogP contribution in [0, 0.1) is 10.8 Å². The molecule has 1 aromatic heterocycles. The van der Waals surface area contributed by atoms with E-state index in [0.29, 0.717) is 23.6 Å². The minimum atomic E-state index is 0.00230. The van der Waals surface area contributed by atoms with Crippen LogP contribution >= 0.6 is 0 Å². The first-order chi connectivity index (χ1) is 11.2. The molecule has 2 aromatic carbocycles. The van der Waals surface area contributed by atoms with E-state index >= 15 is 0 Å². The number of aromatic nitrogens is 2. The first kappa shape index (κ1) is 14.8. The van der Waals surface area contributed by atoms with Crippen molar-refractivity contribution < 1.29 is 0 Å². The van der Waals surface area contributed by atoms with Crippen LogP contribution < -0.4 is 16.3 Å². The molecule has 0 atom stereocenters. The Hall–Kier alpha value is -3.15. The molecule has 23 heavy (non-hydrogen) atoms. The quantitative estimate of drug-likeness (QED) is 0.393. The van der Waals surface area contributed by atoms with Crippen molar-refractivity contribution in [1.82, 2.24) is 9.55 Å². The van der Waals surface area contributed by atoms with Crippen LogP contribution in [0.5, 0.6) is 0 Å².